The molecule has 1 saturated heterocycles. The Morgan fingerprint density at radius 3 is 2.64 bits per heavy atom. The molecule has 2 heteroatoms. The molecule has 2 atom stereocenters. The molecule has 1 fully saturated rings. The summed E-state index contributed by atoms with van der Waals surface area (Å²) in [6, 6.07) is 9.80. The van der Waals surface area contributed by atoms with Gasteiger partial charge in [-0.05, 0) is 5.56 Å². The number of cyclic esters (lactones) is 1. The summed E-state index contributed by atoms with van der Waals surface area (Å²) in [5.74, 6) is -0.297. The van der Waals surface area contributed by atoms with Crippen molar-refractivity contribution in [3.05, 3.63) is 48.6 Å². The Morgan fingerprint density at radius 2 is 2.07 bits per heavy atom. The lowest BCUT2D eigenvalue weighted by Gasteiger charge is -2.07. The zero-order valence-corrected chi connectivity index (χ0v) is 7.85. The number of hydrogen-bond acceptors (Lipinski definition) is 2. The fourth-order valence-corrected chi connectivity index (χ4v) is 1.67. The Morgan fingerprint density at radius 1 is 1.36 bits per heavy atom. The number of carbonyl (C=O) groups excluding carboxylic acids is 1. The molecule has 2 unspecified atom stereocenters. The van der Waals surface area contributed by atoms with Crippen LogP contribution in [0.25, 0.3) is 0 Å². The van der Waals surface area contributed by atoms with Gasteiger partial charge in [0.05, 0.1) is 5.92 Å². The lowest BCUT2D eigenvalue weighted by molar-refractivity contribution is -0.143. The van der Waals surface area contributed by atoms with Crippen LogP contribution < -0.4 is 0 Å². The van der Waals surface area contributed by atoms with Crippen LogP contribution >= 0.6 is 0 Å². The molecule has 2 nitrogen and oxygen atoms in total. The average Bonchev–Trinajstić information content (AvgIpc) is 2.61. The molecule has 1 aromatic rings. The van der Waals surface area contributed by atoms with E-state index in [-0.39, 0.29) is 18.0 Å². The van der Waals surface area contributed by atoms with Crippen molar-refractivity contribution in [3.63, 3.8) is 0 Å². The van der Waals surface area contributed by atoms with E-state index in [4.69, 9.17) is 4.74 Å². The van der Waals surface area contributed by atoms with E-state index in [1.165, 1.54) is 0 Å². The molecule has 0 radical (unpaired) electrons. The highest BCUT2D eigenvalue weighted by Crippen LogP contribution is 2.33. The van der Waals surface area contributed by atoms with Crippen molar-refractivity contribution in [1.29, 1.82) is 0 Å². The Labute approximate surface area is 83.2 Å². The molecular weight excluding hydrogens is 176 g/mol. The van der Waals surface area contributed by atoms with Gasteiger partial charge in [0.15, 0.2) is 0 Å². The molecular formula is C12H12O2. The van der Waals surface area contributed by atoms with Crippen molar-refractivity contribution < 1.29 is 9.53 Å². The van der Waals surface area contributed by atoms with Gasteiger partial charge in [-0.1, -0.05) is 36.4 Å². The van der Waals surface area contributed by atoms with Crippen molar-refractivity contribution in [1.82, 2.24) is 0 Å². The van der Waals surface area contributed by atoms with Crippen molar-refractivity contribution in [3.8, 4) is 0 Å². The van der Waals surface area contributed by atoms with Gasteiger partial charge in [-0.25, -0.2) is 0 Å². The third kappa shape index (κ3) is 1.55. The van der Waals surface area contributed by atoms with E-state index in [0.717, 1.165) is 5.56 Å². The van der Waals surface area contributed by atoms with E-state index in [9.17, 15) is 4.79 Å². The molecule has 14 heavy (non-hydrogen) atoms. The summed E-state index contributed by atoms with van der Waals surface area (Å²) < 4.78 is 5.24. The zero-order chi connectivity index (χ0) is 9.97. The van der Waals surface area contributed by atoms with Gasteiger partial charge in [-0.15, -0.1) is 6.58 Å². The second-order valence-electron chi connectivity index (χ2n) is 3.41. The standard InChI is InChI=1S/C12H12O2/c1-2-9-8-11(14-12(9)13)10-6-4-3-5-7-10/h2-7,9,11H,1,8H2. The first-order valence-corrected chi connectivity index (χ1v) is 4.69. The quantitative estimate of drug-likeness (QED) is 0.526. The summed E-state index contributed by atoms with van der Waals surface area (Å²) in [5, 5.41) is 0. The predicted octanol–water partition coefficient (Wildman–Crippen LogP) is 2.48. The van der Waals surface area contributed by atoms with Crippen LogP contribution in [0.2, 0.25) is 0 Å². The highest BCUT2D eigenvalue weighted by molar-refractivity contribution is 5.76. The molecule has 1 aliphatic heterocycles. The average molecular weight is 188 g/mol. The number of carbonyl (C=O) groups is 1. The normalized spacial score (nSPS) is 25.9. The van der Waals surface area contributed by atoms with Crippen molar-refractivity contribution in [2.24, 2.45) is 5.92 Å². The molecule has 0 saturated carbocycles. The van der Waals surface area contributed by atoms with Gasteiger partial charge >= 0.3 is 5.97 Å². The minimum absolute atomic E-state index is 0.0910. The molecule has 1 aromatic carbocycles. The minimum atomic E-state index is -0.158. The van der Waals surface area contributed by atoms with E-state index in [1.807, 2.05) is 30.3 Å². The molecule has 0 amide bonds. The highest BCUT2D eigenvalue weighted by Gasteiger charge is 2.32. The Bertz CT molecular complexity index is 343. The third-order valence-electron chi connectivity index (χ3n) is 2.49. The molecule has 1 heterocycles. The van der Waals surface area contributed by atoms with Crippen molar-refractivity contribution in [2.75, 3.05) is 0 Å². The lowest BCUT2D eigenvalue weighted by Crippen LogP contribution is -2.03. The monoisotopic (exact) mass is 188 g/mol. The van der Waals surface area contributed by atoms with Gasteiger partial charge in [0.2, 0.25) is 0 Å². The number of ether oxygens (including phenoxy) is 1. The maximum atomic E-state index is 11.3. The Balaban J connectivity index is 2.16. The second-order valence-corrected chi connectivity index (χ2v) is 3.41. The Hall–Kier alpha value is -1.57. The summed E-state index contributed by atoms with van der Waals surface area (Å²) in [5.41, 5.74) is 1.06. The zero-order valence-electron chi connectivity index (χ0n) is 7.85. The molecule has 0 aliphatic carbocycles. The van der Waals surface area contributed by atoms with E-state index in [2.05, 4.69) is 6.58 Å². The first kappa shape index (κ1) is 9.00. The molecule has 2 rings (SSSR count). The van der Waals surface area contributed by atoms with Crippen LogP contribution in [-0.2, 0) is 9.53 Å². The van der Waals surface area contributed by atoms with E-state index < -0.39 is 0 Å². The maximum Gasteiger partial charge on any atom is 0.313 e. The highest BCUT2D eigenvalue weighted by atomic mass is 16.5. The fourth-order valence-electron chi connectivity index (χ4n) is 1.67. The van der Waals surface area contributed by atoms with Gasteiger partial charge < -0.3 is 4.74 Å². The molecule has 1 aliphatic rings. The van der Waals surface area contributed by atoms with Crippen molar-refractivity contribution >= 4 is 5.97 Å². The fraction of sp³-hybridized carbons (Fsp3) is 0.250. The van der Waals surface area contributed by atoms with Gasteiger partial charge in [0, 0.05) is 6.42 Å². The maximum absolute atomic E-state index is 11.3. The summed E-state index contributed by atoms with van der Waals surface area (Å²) in [7, 11) is 0. The molecule has 0 N–H and O–H groups in total. The number of rotatable bonds is 2. The lowest BCUT2D eigenvalue weighted by atomic mass is 10.0. The van der Waals surface area contributed by atoms with Gasteiger partial charge in [-0.3, -0.25) is 4.79 Å². The Kier molecular flexibility index (Phi) is 2.35. The van der Waals surface area contributed by atoms with Crippen LogP contribution in [0, 0.1) is 5.92 Å². The number of hydrogen-bond donors (Lipinski definition) is 0. The first-order chi connectivity index (χ1) is 6.81. The van der Waals surface area contributed by atoms with Gasteiger partial charge in [0.25, 0.3) is 0 Å². The summed E-state index contributed by atoms with van der Waals surface area (Å²) in [6.07, 6.45) is 2.28. The smallest absolute Gasteiger partial charge is 0.313 e. The van der Waals surface area contributed by atoms with E-state index >= 15 is 0 Å². The molecule has 72 valence electrons. The number of benzene rings is 1. The van der Waals surface area contributed by atoms with Crippen LogP contribution in [-0.4, -0.2) is 5.97 Å². The summed E-state index contributed by atoms with van der Waals surface area (Å²) in [4.78, 5) is 11.3. The summed E-state index contributed by atoms with van der Waals surface area (Å²) in [6.45, 7) is 3.62. The second kappa shape index (κ2) is 3.66. The van der Waals surface area contributed by atoms with Crippen LogP contribution in [0.1, 0.15) is 18.1 Å². The largest absolute Gasteiger partial charge is 0.457 e. The molecule has 0 aromatic heterocycles. The molecule has 0 spiro atoms. The van der Waals surface area contributed by atoms with Crippen LogP contribution in [0.5, 0.6) is 0 Å². The van der Waals surface area contributed by atoms with Gasteiger partial charge in [0.1, 0.15) is 6.10 Å². The predicted molar refractivity (Wildman–Crippen MR) is 53.6 cm³/mol. The summed E-state index contributed by atoms with van der Waals surface area (Å²) >= 11 is 0. The van der Waals surface area contributed by atoms with E-state index in [1.54, 1.807) is 6.08 Å². The van der Waals surface area contributed by atoms with Crippen molar-refractivity contribution in [2.45, 2.75) is 12.5 Å². The van der Waals surface area contributed by atoms with Crippen LogP contribution in [0.4, 0.5) is 0 Å². The van der Waals surface area contributed by atoms with Gasteiger partial charge in [-0.2, -0.15) is 0 Å². The first-order valence-electron chi connectivity index (χ1n) is 4.69. The van der Waals surface area contributed by atoms with Crippen LogP contribution in [0.3, 0.4) is 0 Å². The number of esters is 1. The minimum Gasteiger partial charge on any atom is -0.457 e. The van der Waals surface area contributed by atoms with Crippen LogP contribution in [0.15, 0.2) is 43.0 Å². The third-order valence-corrected chi connectivity index (χ3v) is 2.49. The van der Waals surface area contributed by atoms with E-state index in [0.29, 0.717) is 6.42 Å². The SMILES string of the molecule is C=CC1CC(c2ccccc2)OC1=O. The molecule has 0 bridgehead atoms. The topological polar surface area (TPSA) is 26.3 Å².